The summed E-state index contributed by atoms with van der Waals surface area (Å²) in [4.78, 5) is 12.4. The highest BCUT2D eigenvalue weighted by Gasteiger charge is 2.19. The summed E-state index contributed by atoms with van der Waals surface area (Å²) in [6, 6.07) is -0.539. The Morgan fingerprint density at radius 3 is 1.29 bits per heavy atom. The molecule has 51 heavy (non-hydrogen) atoms. The summed E-state index contributed by atoms with van der Waals surface area (Å²) in [6.45, 7) is 4.23. The first-order chi connectivity index (χ1) is 25.2. The third-order valence-electron chi connectivity index (χ3n) is 9.79. The van der Waals surface area contributed by atoms with Crippen molar-refractivity contribution in [2.24, 2.45) is 0 Å². The molecule has 0 saturated heterocycles. The second-order valence-electron chi connectivity index (χ2n) is 14.7. The molecule has 0 saturated carbocycles. The number of aliphatic hydroxyl groups excluding tert-OH is 2. The first-order valence-electron chi connectivity index (χ1n) is 22.0. The van der Waals surface area contributed by atoms with E-state index in [9.17, 15) is 15.0 Å². The van der Waals surface area contributed by atoms with Crippen molar-refractivity contribution >= 4 is 5.91 Å². The van der Waals surface area contributed by atoms with Gasteiger partial charge in [0.15, 0.2) is 0 Å². The number of unbranched alkanes of at least 4 members (excludes halogenated alkanes) is 22. The van der Waals surface area contributed by atoms with E-state index in [0.29, 0.717) is 12.8 Å². The van der Waals surface area contributed by atoms with Crippen LogP contribution in [0, 0.1) is 0 Å². The van der Waals surface area contributed by atoms with Crippen LogP contribution in [0.5, 0.6) is 0 Å². The van der Waals surface area contributed by atoms with Crippen molar-refractivity contribution < 1.29 is 15.0 Å². The summed E-state index contributed by atoms with van der Waals surface area (Å²) in [5.74, 6) is -0.0378. The van der Waals surface area contributed by atoms with Gasteiger partial charge >= 0.3 is 0 Å². The molecule has 2 atom stereocenters. The summed E-state index contributed by atoms with van der Waals surface area (Å²) in [5.41, 5.74) is 0. The van der Waals surface area contributed by atoms with E-state index in [1.165, 1.54) is 128 Å². The number of carbonyl (C=O) groups is 1. The molecule has 0 fully saturated rings. The van der Waals surface area contributed by atoms with E-state index in [1.807, 2.05) is 0 Å². The lowest BCUT2D eigenvalue weighted by Gasteiger charge is -2.22. The third kappa shape index (κ3) is 39.1. The van der Waals surface area contributed by atoms with E-state index in [-0.39, 0.29) is 12.5 Å². The molecule has 1 amide bonds. The predicted molar refractivity (Wildman–Crippen MR) is 225 cm³/mol. The first-order valence-corrected chi connectivity index (χ1v) is 22.0. The molecule has 0 aliphatic rings. The van der Waals surface area contributed by atoms with E-state index < -0.39 is 12.1 Å². The Morgan fingerprint density at radius 1 is 0.490 bits per heavy atom. The molecule has 0 radical (unpaired) electrons. The summed E-state index contributed by atoms with van der Waals surface area (Å²) < 4.78 is 0. The fourth-order valence-electron chi connectivity index (χ4n) is 6.45. The zero-order valence-corrected chi connectivity index (χ0v) is 33.9. The summed E-state index contributed by atoms with van der Waals surface area (Å²) in [7, 11) is 0. The van der Waals surface area contributed by atoms with Gasteiger partial charge in [-0.1, -0.05) is 209 Å². The molecule has 0 aliphatic heterocycles. The molecule has 0 bridgehead atoms. The summed E-state index contributed by atoms with van der Waals surface area (Å²) in [6.07, 6.45) is 58.7. The van der Waals surface area contributed by atoms with Gasteiger partial charge in [-0.05, 0) is 57.8 Å². The highest BCUT2D eigenvalue weighted by molar-refractivity contribution is 5.76. The SMILES string of the molecule is CC/C=C\C/C=C\C/C=C\C/C=C\C/C=C\CCCCCCCCCCCCCC(=O)NC(CO)C(O)CCCCCCCCCCCCCC. The van der Waals surface area contributed by atoms with Gasteiger partial charge < -0.3 is 15.5 Å². The number of nitrogens with one attached hydrogen (secondary N) is 1. The average Bonchev–Trinajstić information content (AvgIpc) is 3.13. The Labute approximate surface area is 317 Å². The van der Waals surface area contributed by atoms with Crippen LogP contribution in [0.25, 0.3) is 0 Å². The van der Waals surface area contributed by atoms with Crippen LogP contribution in [0.4, 0.5) is 0 Å². The number of hydrogen-bond donors (Lipinski definition) is 3. The van der Waals surface area contributed by atoms with Crippen molar-refractivity contribution in [3.05, 3.63) is 60.8 Å². The van der Waals surface area contributed by atoms with Gasteiger partial charge in [0.25, 0.3) is 0 Å². The molecule has 0 aliphatic carbocycles. The zero-order chi connectivity index (χ0) is 37.1. The van der Waals surface area contributed by atoms with Crippen LogP contribution < -0.4 is 5.32 Å². The highest BCUT2D eigenvalue weighted by atomic mass is 16.3. The number of aliphatic hydroxyl groups is 2. The van der Waals surface area contributed by atoms with E-state index in [1.54, 1.807) is 0 Å². The van der Waals surface area contributed by atoms with Gasteiger partial charge in [-0.3, -0.25) is 4.79 Å². The highest BCUT2D eigenvalue weighted by Crippen LogP contribution is 2.15. The fraction of sp³-hybridized carbons (Fsp3) is 0.766. The van der Waals surface area contributed by atoms with Gasteiger partial charge in [0.05, 0.1) is 18.8 Å². The van der Waals surface area contributed by atoms with Crippen LogP contribution in [0.1, 0.15) is 213 Å². The molecular formula is C47H85NO3. The normalized spacial score (nSPS) is 13.6. The lowest BCUT2D eigenvalue weighted by atomic mass is 10.0. The van der Waals surface area contributed by atoms with Gasteiger partial charge in [-0.2, -0.15) is 0 Å². The van der Waals surface area contributed by atoms with Crippen LogP contribution in [0.15, 0.2) is 60.8 Å². The maximum absolute atomic E-state index is 12.4. The number of allylic oxidation sites excluding steroid dienone is 10. The lowest BCUT2D eigenvalue weighted by Crippen LogP contribution is -2.45. The Hall–Kier alpha value is -1.91. The minimum absolute atomic E-state index is 0.0378. The van der Waals surface area contributed by atoms with Crippen molar-refractivity contribution in [2.45, 2.75) is 225 Å². The maximum atomic E-state index is 12.4. The Balaban J connectivity index is 3.53. The van der Waals surface area contributed by atoms with Gasteiger partial charge in [0.1, 0.15) is 0 Å². The van der Waals surface area contributed by atoms with Crippen molar-refractivity contribution in [3.8, 4) is 0 Å². The molecule has 4 heteroatoms. The molecule has 4 nitrogen and oxygen atoms in total. The van der Waals surface area contributed by atoms with Crippen molar-refractivity contribution in [2.75, 3.05) is 6.61 Å². The predicted octanol–water partition coefficient (Wildman–Crippen LogP) is 13.7. The van der Waals surface area contributed by atoms with E-state index >= 15 is 0 Å². The van der Waals surface area contributed by atoms with Gasteiger partial charge in [-0.25, -0.2) is 0 Å². The minimum atomic E-state index is -0.661. The topological polar surface area (TPSA) is 69.6 Å². The number of hydrogen-bond acceptors (Lipinski definition) is 3. The van der Waals surface area contributed by atoms with Crippen LogP contribution >= 0.6 is 0 Å². The fourth-order valence-corrected chi connectivity index (χ4v) is 6.45. The minimum Gasteiger partial charge on any atom is -0.394 e. The molecule has 2 unspecified atom stereocenters. The Morgan fingerprint density at radius 2 is 0.863 bits per heavy atom. The van der Waals surface area contributed by atoms with Crippen molar-refractivity contribution in [1.82, 2.24) is 5.32 Å². The molecular weight excluding hydrogens is 627 g/mol. The van der Waals surface area contributed by atoms with E-state index in [4.69, 9.17) is 0 Å². The monoisotopic (exact) mass is 712 g/mol. The number of amides is 1. The molecule has 0 spiro atoms. The molecule has 0 aromatic carbocycles. The van der Waals surface area contributed by atoms with Crippen molar-refractivity contribution in [1.29, 1.82) is 0 Å². The quantitative estimate of drug-likeness (QED) is 0.0439. The first kappa shape index (κ1) is 49.1. The van der Waals surface area contributed by atoms with Crippen molar-refractivity contribution in [3.63, 3.8) is 0 Å². The molecule has 0 aromatic heterocycles. The van der Waals surface area contributed by atoms with E-state index in [0.717, 1.165) is 57.8 Å². The van der Waals surface area contributed by atoms with Gasteiger partial charge in [-0.15, -0.1) is 0 Å². The molecule has 0 rings (SSSR count). The lowest BCUT2D eigenvalue weighted by molar-refractivity contribution is -0.123. The van der Waals surface area contributed by atoms with Gasteiger partial charge in [0.2, 0.25) is 5.91 Å². The zero-order valence-electron chi connectivity index (χ0n) is 33.9. The van der Waals surface area contributed by atoms with Crippen LogP contribution in [0.3, 0.4) is 0 Å². The largest absolute Gasteiger partial charge is 0.394 e. The maximum Gasteiger partial charge on any atom is 0.220 e. The number of carbonyl (C=O) groups excluding carboxylic acids is 1. The second kappa shape index (κ2) is 42.5. The Kier molecular flexibility index (Phi) is 40.9. The van der Waals surface area contributed by atoms with Crippen LogP contribution in [0.2, 0.25) is 0 Å². The summed E-state index contributed by atoms with van der Waals surface area (Å²) in [5, 5.41) is 23.1. The number of rotatable bonds is 39. The summed E-state index contributed by atoms with van der Waals surface area (Å²) >= 11 is 0. The third-order valence-corrected chi connectivity index (χ3v) is 9.79. The van der Waals surface area contributed by atoms with Crippen LogP contribution in [-0.2, 0) is 4.79 Å². The molecule has 0 heterocycles. The smallest absolute Gasteiger partial charge is 0.220 e. The van der Waals surface area contributed by atoms with Crippen LogP contribution in [-0.4, -0.2) is 34.9 Å². The molecule has 296 valence electrons. The molecule has 3 N–H and O–H groups in total. The van der Waals surface area contributed by atoms with Gasteiger partial charge in [0, 0.05) is 6.42 Å². The van der Waals surface area contributed by atoms with E-state index in [2.05, 4.69) is 79.9 Å². The molecule has 0 aromatic rings. The standard InChI is InChI=1S/C47H85NO3/c1-3-5-7-9-11-13-15-17-18-19-20-21-22-23-24-25-26-27-28-29-30-31-33-35-37-39-41-43-47(51)48-45(44-49)46(50)42-40-38-36-34-32-16-14-12-10-8-6-4-2/h5,7,11,13,17-18,20-21,23-24,45-46,49-50H,3-4,6,8-10,12,14-16,19,22,25-44H2,1-2H3,(H,48,51)/b7-5-,13-11-,18-17-,21-20-,24-23-. The second-order valence-corrected chi connectivity index (χ2v) is 14.7. The average molecular weight is 712 g/mol. The Bertz CT molecular complexity index is 858.